The highest BCUT2D eigenvalue weighted by atomic mass is 32.2. The van der Waals surface area contributed by atoms with Gasteiger partial charge in [-0.05, 0) is 50.2 Å². The second kappa shape index (κ2) is 6.32. The topological polar surface area (TPSA) is 40.6 Å². The lowest BCUT2D eigenvalue weighted by Gasteiger charge is -2.41. The molecule has 2 atom stereocenters. The standard InChI is InChI=1S/C15H21F3N2O2S/c1-11-10-19(2)9-8-14(11)20(3)12-4-6-13(7-5-12)23(21,22)15(16,17)18/h4-7,11,14H,8-10H2,1-3H3. The molecule has 1 heterocycles. The van der Waals surface area contributed by atoms with E-state index in [1.165, 1.54) is 12.1 Å². The summed E-state index contributed by atoms with van der Waals surface area (Å²) in [6, 6.07) is 5.19. The fourth-order valence-corrected chi connectivity index (χ4v) is 3.86. The smallest absolute Gasteiger partial charge is 0.371 e. The van der Waals surface area contributed by atoms with Crippen LogP contribution in [0.4, 0.5) is 18.9 Å². The molecule has 0 bridgehead atoms. The van der Waals surface area contributed by atoms with Gasteiger partial charge in [-0.15, -0.1) is 0 Å². The summed E-state index contributed by atoms with van der Waals surface area (Å²) in [5, 5.41) is 0. The van der Waals surface area contributed by atoms with Gasteiger partial charge in [0.15, 0.2) is 0 Å². The van der Waals surface area contributed by atoms with Crippen molar-refractivity contribution in [1.29, 1.82) is 0 Å². The van der Waals surface area contributed by atoms with Gasteiger partial charge in [0.25, 0.3) is 9.84 Å². The van der Waals surface area contributed by atoms with E-state index in [0.717, 1.165) is 31.6 Å². The summed E-state index contributed by atoms with van der Waals surface area (Å²) in [4.78, 5) is 3.54. The third-order valence-corrected chi connectivity index (χ3v) is 5.92. The van der Waals surface area contributed by atoms with E-state index in [9.17, 15) is 21.6 Å². The van der Waals surface area contributed by atoms with Gasteiger partial charge in [0.05, 0.1) is 4.90 Å². The first-order chi connectivity index (χ1) is 10.5. The maximum absolute atomic E-state index is 12.6. The fourth-order valence-electron chi connectivity index (χ4n) is 3.10. The monoisotopic (exact) mass is 350 g/mol. The zero-order chi connectivity index (χ0) is 17.4. The van der Waals surface area contributed by atoms with Crippen LogP contribution in [0.3, 0.4) is 0 Å². The molecule has 23 heavy (non-hydrogen) atoms. The van der Waals surface area contributed by atoms with Crippen LogP contribution >= 0.6 is 0 Å². The van der Waals surface area contributed by atoms with Gasteiger partial charge in [0.1, 0.15) is 0 Å². The molecule has 8 heteroatoms. The number of alkyl halides is 3. The van der Waals surface area contributed by atoms with Crippen molar-refractivity contribution in [3.05, 3.63) is 24.3 Å². The van der Waals surface area contributed by atoms with Crippen molar-refractivity contribution in [3.63, 3.8) is 0 Å². The molecule has 2 unspecified atom stereocenters. The Labute approximate surface area is 134 Å². The molecule has 0 N–H and O–H groups in total. The molecular weight excluding hydrogens is 329 g/mol. The van der Waals surface area contributed by atoms with Crippen LogP contribution in [-0.2, 0) is 9.84 Å². The zero-order valence-electron chi connectivity index (χ0n) is 13.3. The molecule has 1 fully saturated rings. The quantitative estimate of drug-likeness (QED) is 0.841. The van der Waals surface area contributed by atoms with Crippen molar-refractivity contribution in [2.24, 2.45) is 5.92 Å². The summed E-state index contributed by atoms with van der Waals surface area (Å²) in [5.74, 6) is 0.414. The predicted octanol–water partition coefficient (Wildman–Crippen LogP) is 2.76. The van der Waals surface area contributed by atoms with Crippen LogP contribution in [0.1, 0.15) is 13.3 Å². The van der Waals surface area contributed by atoms with Crippen LogP contribution in [-0.4, -0.2) is 52.1 Å². The Kier molecular flexibility index (Phi) is 4.96. The van der Waals surface area contributed by atoms with E-state index in [0.29, 0.717) is 11.6 Å². The normalized spacial score (nSPS) is 23.7. The van der Waals surface area contributed by atoms with E-state index >= 15 is 0 Å². The zero-order valence-corrected chi connectivity index (χ0v) is 14.2. The molecule has 4 nitrogen and oxygen atoms in total. The van der Waals surface area contributed by atoms with Gasteiger partial charge >= 0.3 is 5.51 Å². The Morgan fingerprint density at radius 1 is 1.22 bits per heavy atom. The van der Waals surface area contributed by atoms with E-state index in [2.05, 4.69) is 18.9 Å². The second-order valence-electron chi connectivity index (χ2n) is 6.15. The van der Waals surface area contributed by atoms with Crippen molar-refractivity contribution >= 4 is 15.5 Å². The van der Waals surface area contributed by atoms with Gasteiger partial charge < -0.3 is 9.80 Å². The molecule has 1 aliphatic heterocycles. The first-order valence-corrected chi connectivity index (χ1v) is 8.85. The van der Waals surface area contributed by atoms with E-state index < -0.39 is 20.2 Å². The lowest BCUT2D eigenvalue weighted by Crippen LogP contribution is -2.47. The molecule has 0 radical (unpaired) electrons. The van der Waals surface area contributed by atoms with Crippen LogP contribution in [0, 0.1) is 5.92 Å². The molecule has 130 valence electrons. The lowest BCUT2D eigenvalue weighted by molar-refractivity contribution is -0.0436. The summed E-state index contributed by atoms with van der Waals surface area (Å²) in [5.41, 5.74) is -4.56. The highest BCUT2D eigenvalue weighted by molar-refractivity contribution is 7.92. The fraction of sp³-hybridized carbons (Fsp3) is 0.600. The maximum Gasteiger partial charge on any atom is 0.501 e. The minimum atomic E-state index is -5.29. The number of likely N-dealkylation sites (tertiary alicyclic amines) is 1. The Balaban J connectivity index is 2.20. The summed E-state index contributed by atoms with van der Waals surface area (Å²) in [6.45, 7) is 4.05. The molecule has 1 aliphatic rings. The van der Waals surface area contributed by atoms with Crippen molar-refractivity contribution < 1.29 is 21.6 Å². The minimum absolute atomic E-state index is 0.274. The molecule has 2 rings (SSSR count). The number of piperidine rings is 1. The summed E-state index contributed by atoms with van der Waals surface area (Å²) in [7, 11) is -1.34. The molecule has 0 saturated carbocycles. The van der Waals surface area contributed by atoms with Gasteiger partial charge in [-0.3, -0.25) is 0 Å². The number of sulfone groups is 1. The first kappa shape index (κ1) is 18.1. The molecular formula is C15H21F3N2O2S. The summed E-state index contributed by atoms with van der Waals surface area (Å²) in [6.07, 6.45) is 0.955. The Morgan fingerprint density at radius 2 is 1.78 bits per heavy atom. The first-order valence-electron chi connectivity index (χ1n) is 7.37. The Morgan fingerprint density at radius 3 is 2.26 bits per heavy atom. The number of halogens is 3. The summed E-state index contributed by atoms with van der Waals surface area (Å²) < 4.78 is 60.4. The summed E-state index contributed by atoms with van der Waals surface area (Å²) >= 11 is 0. The van der Waals surface area contributed by atoms with Gasteiger partial charge in [0, 0.05) is 25.3 Å². The highest BCUT2D eigenvalue weighted by Crippen LogP contribution is 2.32. The molecule has 0 aliphatic carbocycles. The molecule has 1 saturated heterocycles. The number of rotatable bonds is 3. The van der Waals surface area contributed by atoms with Crippen molar-refractivity contribution in [2.45, 2.75) is 29.8 Å². The molecule has 0 amide bonds. The molecule has 0 spiro atoms. The molecule has 0 aromatic heterocycles. The number of hydrogen-bond donors (Lipinski definition) is 0. The van der Waals surface area contributed by atoms with E-state index in [1.54, 1.807) is 0 Å². The Hall–Kier alpha value is -1.28. The second-order valence-corrected chi connectivity index (χ2v) is 8.09. The largest absolute Gasteiger partial charge is 0.501 e. The van der Waals surface area contributed by atoms with Gasteiger partial charge in [0.2, 0.25) is 0 Å². The number of benzene rings is 1. The third kappa shape index (κ3) is 3.63. The Bertz CT molecular complexity index is 644. The van der Waals surface area contributed by atoms with Crippen molar-refractivity contribution in [1.82, 2.24) is 4.90 Å². The van der Waals surface area contributed by atoms with Gasteiger partial charge in [-0.2, -0.15) is 13.2 Å². The SMILES string of the molecule is CC1CN(C)CCC1N(C)c1ccc(S(=O)(=O)C(F)(F)F)cc1. The molecule has 1 aromatic carbocycles. The van der Waals surface area contributed by atoms with Gasteiger partial charge in [-0.1, -0.05) is 6.92 Å². The van der Waals surface area contributed by atoms with E-state index in [-0.39, 0.29) is 6.04 Å². The number of nitrogens with zero attached hydrogens (tertiary/aromatic N) is 2. The van der Waals surface area contributed by atoms with Crippen molar-refractivity contribution in [3.8, 4) is 0 Å². The number of anilines is 1. The van der Waals surface area contributed by atoms with E-state index in [1.807, 2.05) is 11.9 Å². The van der Waals surface area contributed by atoms with Crippen LogP contribution < -0.4 is 4.90 Å². The van der Waals surface area contributed by atoms with Crippen molar-refractivity contribution in [2.75, 3.05) is 32.1 Å². The number of hydrogen-bond acceptors (Lipinski definition) is 4. The van der Waals surface area contributed by atoms with Crippen LogP contribution in [0.15, 0.2) is 29.2 Å². The van der Waals surface area contributed by atoms with Crippen LogP contribution in [0.2, 0.25) is 0 Å². The maximum atomic E-state index is 12.6. The third-order valence-electron chi connectivity index (χ3n) is 4.42. The van der Waals surface area contributed by atoms with Crippen LogP contribution in [0.25, 0.3) is 0 Å². The lowest BCUT2D eigenvalue weighted by atomic mass is 9.92. The highest BCUT2D eigenvalue weighted by Gasteiger charge is 2.46. The van der Waals surface area contributed by atoms with Gasteiger partial charge in [-0.25, -0.2) is 8.42 Å². The average Bonchev–Trinajstić information content (AvgIpc) is 2.45. The minimum Gasteiger partial charge on any atom is -0.371 e. The van der Waals surface area contributed by atoms with Crippen LogP contribution in [0.5, 0.6) is 0 Å². The van der Waals surface area contributed by atoms with E-state index in [4.69, 9.17) is 0 Å². The molecule has 1 aromatic rings. The average molecular weight is 350 g/mol. The predicted molar refractivity (Wildman–Crippen MR) is 83.2 cm³/mol.